The summed E-state index contributed by atoms with van der Waals surface area (Å²) in [5, 5.41) is 8.79. The molecule has 0 aliphatic heterocycles. The van der Waals surface area contributed by atoms with Gasteiger partial charge in [0.05, 0.1) is 0 Å². The lowest BCUT2D eigenvalue weighted by Gasteiger charge is -2.08. The summed E-state index contributed by atoms with van der Waals surface area (Å²) in [6, 6.07) is 1.77. The van der Waals surface area contributed by atoms with Gasteiger partial charge in [-0.15, -0.1) is 0 Å². The van der Waals surface area contributed by atoms with Crippen LogP contribution in [0.25, 0.3) is 0 Å². The molecule has 1 aromatic rings. The van der Waals surface area contributed by atoms with Gasteiger partial charge in [-0.25, -0.2) is 4.79 Å². The Balaban J connectivity index is 3.17. The monoisotopic (exact) mass is 231 g/mol. The van der Waals surface area contributed by atoms with E-state index >= 15 is 0 Å². The molecule has 1 heterocycles. The molecular formula is C8H10BrNO2. The van der Waals surface area contributed by atoms with Crippen LogP contribution in [0.2, 0.25) is 0 Å². The Labute approximate surface area is 79.1 Å². The van der Waals surface area contributed by atoms with Crippen LogP contribution in [0.3, 0.4) is 0 Å². The number of aromatic carboxylic acids is 1. The van der Waals surface area contributed by atoms with Gasteiger partial charge in [-0.2, -0.15) is 0 Å². The minimum absolute atomic E-state index is 0.169. The maximum absolute atomic E-state index is 10.7. The number of nitrogens with zero attached hydrogens (tertiary/aromatic N) is 1. The molecular weight excluding hydrogens is 222 g/mol. The maximum atomic E-state index is 10.7. The molecule has 0 saturated carbocycles. The summed E-state index contributed by atoms with van der Waals surface area (Å²) in [7, 11) is 0. The average Bonchev–Trinajstić information content (AvgIpc) is 2.31. The van der Waals surface area contributed by atoms with Crippen LogP contribution in [0, 0.1) is 0 Å². The van der Waals surface area contributed by atoms with Gasteiger partial charge in [-0.1, -0.05) is 0 Å². The summed E-state index contributed by atoms with van der Waals surface area (Å²) < 4.78 is 2.51. The average molecular weight is 232 g/mol. The van der Waals surface area contributed by atoms with E-state index in [1.807, 2.05) is 13.8 Å². The Kier molecular flexibility index (Phi) is 2.57. The van der Waals surface area contributed by atoms with Crippen molar-refractivity contribution in [3.8, 4) is 0 Å². The van der Waals surface area contributed by atoms with Crippen molar-refractivity contribution in [2.75, 3.05) is 0 Å². The zero-order valence-electron chi connectivity index (χ0n) is 6.91. The minimum Gasteiger partial charge on any atom is -0.477 e. The fourth-order valence-electron chi connectivity index (χ4n) is 1.04. The van der Waals surface area contributed by atoms with Crippen molar-refractivity contribution in [3.05, 3.63) is 22.4 Å². The molecule has 0 aliphatic carbocycles. The van der Waals surface area contributed by atoms with Gasteiger partial charge in [0, 0.05) is 16.7 Å². The van der Waals surface area contributed by atoms with Crippen molar-refractivity contribution in [2.45, 2.75) is 19.9 Å². The van der Waals surface area contributed by atoms with Crippen LogP contribution in [0.15, 0.2) is 16.7 Å². The van der Waals surface area contributed by atoms with E-state index in [0.29, 0.717) is 5.69 Å². The highest BCUT2D eigenvalue weighted by molar-refractivity contribution is 9.10. The highest BCUT2D eigenvalue weighted by atomic mass is 79.9. The van der Waals surface area contributed by atoms with Crippen molar-refractivity contribution in [2.24, 2.45) is 0 Å². The maximum Gasteiger partial charge on any atom is 0.352 e. The third-order valence-corrected chi connectivity index (χ3v) is 2.02. The molecule has 0 saturated heterocycles. The number of hydrogen-bond donors (Lipinski definition) is 1. The minimum atomic E-state index is -0.894. The number of carbonyl (C=O) groups is 1. The van der Waals surface area contributed by atoms with Crippen LogP contribution < -0.4 is 0 Å². The largest absolute Gasteiger partial charge is 0.477 e. The predicted octanol–water partition coefficient (Wildman–Crippen LogP) is 2.53. The molecule has 3 nitrogen and oxygen atoms in total. The van der Waals surface area contributed by atoms with Gasteiger partial charge in [0.2, 0.25) is 0 Å². The number of hydrogen-bond acceptors (Lipinski definition) is 1. The van der Waals surface area contributed by atoms with Gasteiger partial charge in [0.25, 0.3) is 0 Å². The number of carboxylic acid groups (broad SMARTS) is 1. The lowest BCUT2D eigenvalue weighted by molar-refractivity contribution is 0.0683. The molecule has 1 rings (SSSR count). The van der Waals surface area contributed by atoms with Gasteiger partial charge >= 0.3 is 5.97 Å². The molecule has 0 fully saturated rings. The molecule has 0 unspecified atom stereocenters. The predicted molar refractivity (Wildman–Crippen MR) is 49.5 cm³/mol. The first-order valence-corrected chi connectivity index (χ1v) is 4.42. The van der Waals surface area contributed by atoms with E-state index in [2.05, 4.69) is 15.9 Å². The molecule has 0 aliphatic rings. The van der Waals surface area contributed by atoms with E-state index in [4.69, 9.17) is 5.11 Å². The fourth-order valence-corrected chi connectivity index (χ4v) is 1.48. The SMILES string of the molecule is CC(C)n1cc(Br)cc1C(=O)O. The molecule has 12 heavy (non-hydrogen) atoms. The molecule has 0 atom stereocenters. The van der Waals surface area contributed by atoms with E-state index in [0.717, 1.165) is 4.47 Å². The molecule has 0 amide bonds. The van der Waals surface area contributed by atoms with Crippen molar-refractivity contribution in [1.82, 2.24) is 4.57 Å². The number of carboxylic acids is 1. The lowest BCUT2D eigenvalue weighted by atomic mass is 10.3. The Morgan fingerprint density at radius 1 is 1.67 bits per heavy atom. The second kappa shape index (κ2) is 3.31. The van der Waals surface area contributed by atoms with Crippen LogP contribution >= 0.6 is 15.9 Å². The Morgan fingerprint density at radius 2 is 2.25 bits per heavy atom. The number of rotatable bonds is 2. The topological polar surface area (TPSA) is 42.2 Å². The summed E-state index contributed by atoms with van der Waals surface area (Å²) in [4.78, 5) is 10.7. The highest BCUT2D eigenvalue weighted by Crippen LogP contribution is 2.18. The second-order valence-electron chi connectivity index (χ2n) is 2.85. The normalized spacial score (nSPS) is 10.7. The third-order valence-electron chi connectivity index (χ3n) is 1.59. The van der Waals surface area contributed by atoms with Gasteiger partial charge in [0.15, 0.2) is 0 Å². The first kappa shape index (κ1) is 9.32. The van der Waals surface area contributed by atoms with Crippen LogP contribution in [-0.4, -0.2) is 15.6 Å². The summed E-state index contributed by atoms with van der Waals surface area (Å²) in [6.07, 6.45) is 1.77. The van der Waals surface area contributed by atoms with Crippen molar-refractivity contribution < 1.29 is 9.90 Å². The molecule has 0 radical (unpaired) electrons. The van der Waals surface area contributed by atoms with Gasteiger partial charge in [0.1, 0.15) is 5.69 Å². The molecule has 0 aromatic carbocycles. The summed E-state index contributed by atoms with van der Waals surface area (Å²) in [5.41, 5.74) is 0.317. The quantitative estimate of drug-likeness (QED) is 0.851. The van der Waals surface area contributed by atoms with E-state index < -0.39 is 5.97 Å². The standard InChI is InChI=1S/C8H10BrNO2/c1-5(2)10-4-6(9)3-7(10)8(11)12/h3-5H,1-2H3,(H,11,12). The first-order chi connectivity index (χ1) is 5.52. The van der Waals surface area contributed by atoms with Gasteiger partial charge < -0.3 is 9.67 Å². The molecule has 0 bridgehead atoms. The number of halogens is 1. The Bertz CT molecular complexity index is 304. The highest BCUT2D eigenvalue weighted by Gasteiger charge is 2.12. The Morgan fingerprint density at radius 3 is 2.58 bits per heavy atom. The molecule has 1 N–H and O–H groups in total. The molecule has 66 valence electrons. The van der Waals surface area contributed by atoms with Gasteiger partial charge in [-0.05, 0) is 35.8 Å². The van der Waals surface area contributed by atoms with Crippen molar-refractivity contribution >= 4 is 21.9 Å². The smallest absolute Gasteiger partial charge is 0.352 e. The lowest BCUT2D eigenvalue weighted by Crippen LogP contribution is -2.09. The van der Waals surface area contributed by atoms with Crippen LogP contribution in [0.1, 0.15) is 30.4 Å². The Hall–Kier alpha value is -0.770. The van der Waals surface area contributed by atoms with Crippen LogP contribution in [0.5, 0.6) is 0 Å². The third kappa shape index (κ3) is 1.69. The second-order valence-corrected chi connectivity index (χ2v) is 3.77. The number of aromatic nitrogens is 1. The van der Waals surface area contributed by atoms with E-state index in [-0.39, 0.29) is 6.04 Å². The summed E-state index contributed by atoms with van der Waals surface area (Å²) >= 11 is 3.24. The van der Waals surface area contributed by atoms with Crippen LogP contribution in [-0.2, 0) is 0 Å². The van der Waals surface area contributed by atoms with E-state index in [9.17, 15) is 4.79 Å². The van der Waals surface area contributed by atoms with Crippen molar-refractivity contribution in [1.29, 1.82) is 0 Å². The summed E-state index contributed by atoms with van der Waals surface area (Å²) in [5.74, 6) is -0.894. The first-order valence-electron chi connectivity index (χ1n) is 3.63. The van der Waals surface area contributed by atoms with Crippen LogP contribution in [0.4, 0.5) is 0 Å². The zero-order chi connectivity index (χ0) is 9.30. The molecule has 0 spiro atoms. The zero-order valence-corrected chi connectivity index (χ0v) is 8.50. The fraction of sp³-hybridized carbons (Fsp3) is 0.375. The molecule has 4 heteroatoms. The van der Waals surface area contributed by atoms with E-state index in [1.54, 1.807) is 16.8 Å². The molecule has 1 aromatic heterocycles. The van der Waals surface area contributed by atoms with Crippen molar-refractivity contribution in [3.63, 3.8) is 0 Å². The summed E-state index contributed by atoms with van der Waals surface area (Å²) in [6.45, 7) is 3.89. The van der Waals surface area contributed by atoms with Gasteiger partial charge in [-0.3, -0.25) is 0 Å². The van der Waals surface area contributed by atoms with E-state index in [1.165, 1.54) is 0 Å².